The molecular formula is C10H10FNO. The van der Waals surface area contributed by atoms with E-state index in [2.05, 4.69) is 5.32 Å². The highest BCUT2D eigenvalue weighted by molar-refractivity contribution is 5.93. The van der Waals surface area contributed by atoms with Crippen LogP contribution in [0.25, 0.3) is 0 Å². The summed E-state index contributed by atoms with van der Waals surface area (Å²) in [5.41, 5.74) is 2.48. The minimum Gasteiger partial charge on any atom is -0.326 e. The van der Waals surface area contributed by atoms with Gasteiger partial charge in [-0.3, -0.25) is 4.79 Å². The molecule has 1 aromatic carbocycles. The number of hydrogen-bond acceptors (Lipinski definition) is 1. The van der Waals surface area contributed by atoms with Crippen molar-refractivity contribution in [3.8, 4) is 0 Å². The third-order valence-corrected chi connectivity index (χ3v) is 2.22. The van der Waals surface area contributed by atoms with Crippen molar-refractivity contribution >= 4 is 11.6 Å². The van der Waals surface area contributed by atoms with Gasteiger partial charge in [0.25, 0.3) is 0 Å². The van der Waals surface area contributed by atoms with Crippen LogP contribution in [-0.2, 0) is 17.9 Å². The molecule has 68 valence electrons. The Bertz CT molecular complexity index is 349. The number of amides is 1. The van der Waals surface area contributed by atoms with E-state index in [0.29, 0.717) is 12.0 Å². The van der Waals surface area contributed by atoms with E-state index in [4.69, 9.17) is 0 Å². The Morgan fingerprint density at radius 1 is 1.38 bits per heavy atom. The van der Waals surface area contributed by atoms with Crippen molar-refractivity contribution in [2.24, 2.45) is 0 Å². The molecule has 0 saturated heterocycles. The molecule has 0 atom stereocenters. The first kappa shape index (κ1) is 8.23. The molecule has 0 aliphatic carbocycles. The van der Waals surface area contributed by atoms with Gasteiger partial charge in [-0.25, -0.2) is 4.39 Å². The van der Waals surface area contributed by atoms with Crippen LogP contribution in [0, 0.1) is 0 Å². The van der Waals surface area contributed by atoms with Crippen LogP contribution in [0.3, 0.4) is 0 Å². The Kier molecular flexibility index (Phi) is 2.00. The van der Waals surface area contributed by atoms with E-state index in [9.17, 15) is 9.18 Å². The fraction of sp³-hybridized carbons (Fsp3) is 0.300. The average Bonchev–Trinajstić information content (AvgIpc) is 2.16. The summed E-state index contributed by atoms with van der Waals surface area (Å²) in [6.45, 7) is -0.483. The van der Waals surface area contributed by atoms with Crippen LogP contribution < -0.4 is 5.32 Å². The van der Waals surface area contributed by atoms with E-state index in [1.54, 1.807) is 12.1 Å². The molecule has 0 fully saturated rings. The predicted molar refractivity (Wildman–Crippen MR) is 48.2 cm³/mol. The van der Waals surface area contributed by atoms with Crippen LogP contribution in [0.4, 0.5) is 10.1 Å². The molecule has 2 nitrogen and oxygen atoms in total. The quantitative estimate of drug-likeness (QED) is 0.702. The van der Waals surface area contributed by atoms with Gasteiger partial charge in [0.05, 0.1) is 0 Å². The zero-order valence-corrected chi connectivity index (χ0v) is 7.14. The molecule has 0 unspecified atom stereocenters. The Hall–Kier alpha value is -1.38. The number of carbonyl (C=O) groups is 1. The first-order valence-electron chi connectivity index (χ1n) is 4.27. The second kappa shape index (κ2) is 3.17. The lowest BCUT2D eigenvalue weighted by molar-refractivity contribution is -0.116. The van der Waals surface area contributed by atoms with Gasteiger partial charge in [-0.15, -0.1) is 0 Å². The number of fused-ring (bicyclic) bond motifs is 1. The summed E-state index contributed by atoms with van der Waals surface area (Å²) < 4.78 is 12.3. The third-order valence-electron chi connectivity index (χ3n) is 2.22. The Labute approximate surface area is 75.8 Å². The summed E-state index contributed by atoms with van der Waals surface area (Å²) in [5.74, 6) is 0.0171. The van der Waals surface area contributed by atoms with Gasteiger partial charge in [0.2, 0.25) is 5.91 Å². The second-order valence-electron chi connectivity index (χ2n) is 3.17. The summed E-state index contributed by atoms with van der Waals surface area (Å²) in [6.07, 6.45) is 1.29. The fourth-order valence-electron chi connectivity index (χ4n) is 1.50. The number of hydrogen-bond donors (Lipinski definition) is 1. The molecule has 1 N–H and O–H groups in total. The molecule has 1 aliphatic heterocycles. The van der Waals surface area contributed by atoms with Gasteiger partial charge in [0.1, 0.15) is 6.67 Å². The minimum atomic E-state index is -0.483. The fourth-order valence-corrected chi connectivity index (χ4v) is 1.50. The molecule has 1 amide bonds. The van der Waals surface area contributed by atoms with Gasteiger partial charge in [-0.2, -0.15) is 0 Å². The summed E-state index contributed by atoms with van der Waals surface area (Å²) in [6, 6.07) is 5.34. The van der Waals surface area contributed by atoms with Crippen molar-refractivity contribution < 1.29 is 9.18 Å². The highest BCUT2D eigenvalue weighted by Crippen LogP contribution is 2.23. The number of aryl methyl sites for hydroxylation is 1. The van der Waals surface area contributed by atoms with E-state index < -0.39 is 6.67 Å². The lowest BCUT2D eigenvalue weighted by Crippen LogP contribution is -2.18. The number of halogens is 1. The molecule has 0 aromatic heterocycles. The number of carbonyl (C=O) groups excluding carboxylic acids is 1. The van der Waals surface area contributed by atoms with Crippen LogP contribution in [0.15, 0.2) is 18.2 Å². The van der Waals surface area contributed by atoms with Crippen molar-refractivity contribution in [1.29, 1.82) is 0 Å². The maximum absolute atomic E-state index is 12.3. The summed E-state index contributed by atoms with van der Waals surface area (Å²) in [5, 5.41) is 2.73. The normalized spacial score (nSPS) is 15.0. The molecule has 0 saturated carbocycles. The van der Waals surface area contributed by atoms with Crippen LogP contribution in [0.5, 0.6) is 0 Å². The van der Waals surface area contributed by atoms with E-state index >= 15 is 0 Å². The zero-order chi connectivity index (χ0) is 9.26. The molecule has 0 bridgehead atoms. The van der Waals surface area contributed by atoms with Crippen LogP contribution >= 0.6 is 0 Å². The summed E-state index contributed by atoms with van der Waals surface area (Å²) in [7, 11) is 0. The van der Waals surface area contributed by atoms with Crippen molar-refractivity contribution in [2.45, 2.75) is 19.5 Å². The predicted octanol–water partition coefficient (Wildman–Crippen LogP) is 2.04. The van der Waals surface area contributed by atoms with Crippen molar-refractivity contribution in [1.82, 2.24) is 0 Å². The lowest BCUT2D eigenvalue weighted by atomic mass is 10.0. The maximum atomic E-state index is 12.3. The van der Waals surface area contributed by atoms with E-state index in [1.165, 1.54) is 0 Å². The smallest absolute Gasteiger partial charge is 0.224 e. The molecule has 0 spiro atoms. The van der Waals surface area contributed by atoms with Gasteiger partial charge < -0.3 is 5.32 Å². The van der Waals surface area contributed by atoms with Crippen LogP contribution in [-0.4, -0.2) is 5.91 Å². The number of alkyl halides is 1. The topological polar surface area (TPSA) is 29.1 Å². The molecular weight excluding hydrogens is 169 g/mol. The monoisotopic (exact) mass is 179 g/mol. The number of rotatable bonds is 1. The van der Waals surface area contributed by atoms with E-state index in [1.807, 2.05) is 6.07 Å². The Balaban J connectivity index is 2.38. The summed E-state index contributed by atoms with van der Waals surface area (Å²) >= 11 is 0. The largest absolute Gasteiger partial charge is 0.326 e. The first-order chi connectivity index (χ1) is 6.29. The molecule has 1 aromatic rings. The lowest BCUT2D eigenvalue weighted by Gasteiger charge is -2.16. The van der Waals surface area contributed by atoms with Crippen molar-refractivity contribution in [2.75, 3.05) is 5.32 Å². The Morgan fingerprint density at radius 3 is 3.00 bits per heavy atom. The molecule has 0 radical (unpaired) electrons. The van der Waals surface area contributed by atoms with Gasteiger partial charge in [-0.1, -0.05) is 12.1 Å². The first-order valence-corrected chi connectivity index (χ1v) is 4.27. The molecule has 2 rings (SSSR count). The molecule has 13 heavy (non-hydrogen) atoms. The number of benzene rings is 1. The highest BCUT2D eigenvalue weighted by atomic mass is 19.1. The molecule has 1 aliphatic rings. The third kappa shape index (κ3) is 1.54. The maximum Gasteiger partial charge on any atom is 0.224 e. The highest BCUT2D eigenvalue weighted by Gasteiger charge is 2.14. The zero-order valence-electron chi connectivity index (χ0n) is 7.14. The van der Waals surface area contributed by atoms with Crippen molar-refractivity contribution in [3.05, 3.63) is 29.3 Å². The number of anilines is 1. The van der Waals surface area contributed by atoms with Gasteiger partial charge in [0.15, 0.2) is 0 Å². The van der Waals surface area contributed by atoms with Crippen LogP contribution in [0.2, 0.25) is 0 Å². The van der Waals surface area contributed by atoms with Gasteiger partial charge in [-0.05, 0) is 23.6 Å². The average molecular weight is 179 g/mol. The SMILES string of the molecule is O=C1CCc2ccc(CF)cc2N1. The molecule has 1 heterocycles. The van der Waals surface area contributed by atoms with E-state index in [-0.39, 0.29) is 5.91 Å². The second-order valence-corrected chi connectivity index (χ2v) is 3.17. The van der Waals surface area contributed by atoms with Gasteiger partial charge >= 0.3 is 0 Å². The van der Waals surface area contributed by atoms with Crippen molar-refractivity contribution in [3.63, 3.8) is 0 Å². The van der Waals surface area contributed by atoms with Gasteiger partial charge in [0, 0.05) is 12.1 Å². The number of nitrogens with one attached hydrogen (secondary N) is 1. The minimum absolute atomic E-state index is 0.0171. The Morgan fingerprint density at radius 2 is 2.23 bits per heavy atom. The molecule has 3 heteroatoms. The standard InChI is InChI=1S/C10H10FNO/c11-6-7-1-2-8-3-4-10(13)12-9(8)5-7/h1-2,5H,3-4,6H2,(H,12,13). The van der Waals surface area contributed by atoms with Crippen LogP contribution in [0.1, 0.15) is 17.5 Å². The summed E-state index contributed by atoms with van der Waals surface area (Å²) in [4.78, 5) is 11.0. The van der Waals surface area contributed by atoms with E-state index in [0.717, 1.165) is 17.7 Å².